The summed E-state index contributed by atoms with van der Waals surface area (Å²) in [4.78, 5) is 0. The molecule has 0 aromatic heterocycles. The van der Waals surface area contributed by atoms with Crippen molar-refractivity contribution in [2.75, 3.05) is 66.1 Å². The summed E-state index contributed by atoms with van der Waals surface area (Å²) >= 11 is 0. The van der Waals surface area contributed by atoms with Gasteiger partial charge in [-0.3, -0.25) is 0 Å². The normalized spacial score (nSPS) is 12.5. The second-order valence-electron chi connectivity index (χ2n) is 7.36. The van der Waals surface area contributed by atoms with Crippen LogP contribution in [0.1, 0.15) is 78.1 Å². The van der Waals surface area contributed by atoms with E-state index in [0.29, 0.717) is 65.6 Å². The van der Waals surface area contributed by atoms with Gasteiger partial charge in [0.25, 0.3) is 0 Å². The highest BCUT2D eigenvalue weighted by atomic mass is 16.6. The number of aliphatic hydroxyl groups is 1. The minimum atomic E-state index is 0.0483. The fourth-order valence-electron chi connectivity index (χ4n) is 3.00. The number of rotatable bonds is 25. The number of hydrogen-bond acceptors (Lipinski definition) is 6. The van der Waals surface area contributed by atoms with Crippen LogP contribution < -0.4 is 0 Å². The molecule has 0 saturated carbocycles. The van der Waals surface area contributed by atoms with Gasteiger partial charge >= 0.3 is 0 Å². The topological polar surface area (TPSA) is 66.4 Å². The highest BCUT2D eigenvalue weighted by Gasteiger charge is 2.08. The third-order valence-electron chi connectivity index (χ3n) is 4.69. The minimum Gasteiger partial charge on any atom is -0.394 e. The van der Waals surface area contributed by atoms with E-state index in [1.165, 1.54) is 64.2 Å². The summed E-state index contributed by atoms with van der Waals surface area (Å²) < 4.78 is 27.6. The van der Waals surface area contributed by atoms with Gasteiger partial charge in [-0.25, -0.2) is 0 Å². The molecule has 0 aromatic carbocycles. The molecule has 0 heterocycles. The van der Waals surface area contributed by atoms with E-state index in [1.807, 2.05) is 0 Å². The summed E-state index contributed by atoms with van der Waals surface area (Å²) in [5, 5.41) is 8.57. The quantitative estimate of drug-likeness (QED) is 0.221. The first kappa shape index (κ1) is 28.8. The summed E-state index contributed by atoms with van der Waals surface area (Å²) in [6.07, 6.45) is 13.2. The first-order valence-corrected chi connectivity index (χ1v) is 11.9. The maximum atomic E-state index is 8.57. The van der Waals surface area contributed by atoms with E-state index in [2.05, 4.69) is 13.8 Å². The van der Waals surface area contributed by atoms with Crippen LogP contribution in [0.25, 0.3) is 0 Å². The number of unbranched alkanes of at least 4 members (excludes halogenated alkanes) is 6. The molecule has 0 rings (SSSR count). The number of ether oxygens (including phenoxy) is 5. The molecule has 1 N–H and O–H groups in total. The summed E-state index contributed by atoms with van der Waals surface area (Å²) in [6.45, 7) is 9.48. The number of hydrogen-bond donors (Lipinski definition) is 1. The molecule has 0 bridgehead atoms. The van der Waals surface area contributed by atoms with Crippen molar-refractivity contribution < 1.29 is 28.8 Å². The average molecular weight is 421 g/mol. The SMILES string of the molecule is CCCCCCCCC(CCCC)OCCOCCOCCOCCOCCO. The second-order valence-corrected chi connectivity index (χ2v) is 7.36. The van der Waals surface area contributed by atoms with Gasteiger partial charge < -0.3 is 28.8 Å². The summed E-state index contributed by atoms with van der Waals surface area (Å²) in [6, 6.07) is 0. The van der Waals surface area contributed by atoms with Crippen LogP contribution in [0.4, 0.5) is 0 Å². The summed E-state index contributed by atoms with van der Waals surface area (Å²) in [5.41, 5.74) is 0. The monoisotopic (exact) mass is 420 g/mol. The van der Waals surface area contributed by atoms with Gasteiger partial charge in [0.2, 0.25) is 0 Å². The Balaban J connectivity index is 3.43. The van der Waals surface area contributed by atoms with Crippen LogP contribution >= 0.6 is 0 Å². The van der Waals surface area contributed by atoms with Crippen LogP contribution in [0.5, 0.6) is 0 Å². The molecule has 0 aromatic rings. The molecule has 176 valence electrons. The van der Waals surface area contributed by atoms with Gasteiger partial charge in [0, 0.05) is 0 Å². The van der Waals surface area contributed by atoms with Crippen LogP contribution in [0.2, 0.25) is 0 Å². The zero-order valence-electron chi connectivity index (χ0n) is 19.2. The Hall–Kier alpha value is -0.240. The Kier molecular flexibility index (Phi) is 25.6. The lowest BCUT2D eigenvalue weighted by Gasteiger charge is -2.18. The first-order chi connectivity index (χ1) is 14.3. The molecule has 1 atom stereocenters. The molecule has 0 aliphatic carbocycles. The largest absolute Gasteiger partial charge is 0.394 e. The van der Waals surface area contributed by atoms with Gasteiger partial charge in [-0.15, -0.1) is 0 Å². The van der Waals surface area contributed by atoms with Gasteiger partial charge in [0.15, 0.2) is 0 Å². The van der Waals surface area contributed by atoms with E-state index in [9.17, 15) is 0 Å². The van der Waals surface area contributed by atoms with Crippen LogP contribution in [-0.4, -0.2) is 77.3 Å². The second kappa shape index (κ2) is 25.8. The molecule has 6 nitrogen and oxygen atoms in total. The average Bonchev–Trinajstić information content (AvgIpc) is 2.74. The van der Waals surface area contributed by atoms with E-state index in [1.54, 1.807) is 0 Å². The van der Waals surface area contributed by atoms with Crippen LogP contribution in [0.3, 0.4) is 0 Å². The van der Waals surface area contributed by atoms with Gasteiger partial charge in [-0.05, 0) is 12.8 Å². The molecular weight excluding hydrogens is 372 g/mol. The lowest BCUT2D eigenvalue weighted by molar-refractivity contribution is -0.0271. The van der Waals surface area contributed by atoms with E-state index in [4.69, 9.17) is 28.8 Å². The van der Waals surface area contributed by atoms with Crippen LogP contribution in [-0.2, 0) is 23.7 Å². The molecular formula is C23H48O6. The predicted octanol–water partition coefficient (Wildman–Crippen LogP) is 4.37. The van der Waals surface area contributed by atoms with Crippen molar-refractivity contribution in [3.05, 3.63) is 0 Å². The van der Waals surface area contributed by atoms with Gasteiger partial charge in [-0.1, -0.05) is 65.2 Å². The van der Waals surface area contributed by atoms with Crippen molar-refractivity contribution in [3.8, 4) is 0 Å². The molecule has 0 amide bonds. The molecule has 0 radical (unpaired) electrons. The van der Waals surface area contributed by atoms with Crippen molar-refractivity contribution in [2.45, 2.75) is 84.2 Å². The van der Waals surface area contributed by atoms with Crippen LogP contribution in [0.15, 0.2) is 0 Å². The maximum Gasteiger partial charge on any atom is 0.0704 e. The molecule has 0 saturated heterocycles. The molecule has 0 spiro atoms. The summed E-state index contributed by atoms with van der Waals surface area (Å²) in [5.74, 6) is 0. The Labute approximate surface area is 179 Å². The lowest BCUT2D eigenvalue weighted by Crippen LogP contribution is -2.18. The van der Waals surface area contributed by atoms with Crippen molar-refractivity contribution in [2.24, 2.45) is 0 Å². The Morgan fingerprint density at radius 2 is 0.966 bits per heavy atom. The van der Waals surface area contributed by atoms with E-state index in [0.717, 1.165) is 0 Å². The van der Waals surface area contributed by atoms with Gasteiger partial charge in [0.1, 0.15) is 0 Å². The van der Waals surface area contributed by atoms with Crippen LogP contribution in [0, 0.1) is 0 Å². The minimum absolute atomic E-state index is 0.0483. The zero-order chi connectivity index (χ0) is 21.3. The van der Waals surface area contributed by atoms with Crippen molar-refractivity contribution in [3.63, 3.8) is 0 Å². The van der Waals surface area contributed by atoms with Gasteiger partial charge in [0.05, 0.1) is 72.2 Å². The fourth-order valence-corrected chi connectivity index (χ4v) is 3.00. The third-order valence-corrected chi connectivity index (χ3v) is 4.69. The van der Waals surface area contributed by atoms with Gasteiger partial charge in [-0.2, -0.15) is 0 Å². The molecule has 1 unspecified atom stereocenters. The maximum absolute atomic E-state index is 8.57. The van der Waals surface area contributed by atoms with Crippen molar-refractivity contribution in [1.82, 2.24) is 0 Å². The Morgan fingerprint density at radius 1 is 0.517 bits per heavy atom. The Bertz CT molecular complexity index is 291. The fraction of sp³-hybridized carbons (Fsp3) is 1.00. The van der Waals surface area contributed by atoms with Crippen molar-refractivity contribution >= 4 is 0 Å². The van der Waals surface area contributed by atoms with E-state index >= 15 is 0 Å². The molecule has 0 fully saturated rings. The highest BCUT2D eigenvalue weighted by molar-refractivity contribution is 4.59. The van der Waals surface area contributed by atoms with Crippen molar-refractivity contribution in [1.29, 1.82) is 0 Å². The zero-order valence-corrected chi connectivity index (χ0v) is 19.2. The standard InChI is InChI=1S/C23H48O6/c1-3-5-7-8-9-10-12-23(11-6-4-2)29-22-21-28-20-19-27-18-17-26-16-15-25-14-13-24/h23-24H,3-22H2,1-2H3. The lowest BCUT2D eigenvalue weighted by atomic mass is 10.0. The predicted molar refractivity (Wildman–Crippen MR) is 118 cm³/mol. The molecule has 29 heavy (non-hydrogen) atoms. The van der Waals surface area contributed by atoms with E-state index < -0.39 is 0 Å². The molecule has 0 aliphatic heterocycles. The molecule has 6 heteroatoms. The smallest absolute Gasteiger partial charge is 0.0704 e. The van der Waals surface area contributed by atoms with E-state index in [-0.39, 0.29) is 6.61 Å². The molecule has 0 aliphatic rings. The number of aliphatic hydroxyl groups excluding tert-OH is 1. The highest BCUT2D eigenvalue weighted by Crippen LogP contribution is 2.15. The Morgan fingerprint density at radius 3 is 1.52 bits per heavy atom. The summed E-state index contributed by atoms with van der Waals surface area (Å²) in [7, 11) is 0. The first-order valence-electron chi connectivity index (χ1n) is 11.9. The third kappa shape index (κ3) is 23.9.